The van der Waals surface area contributed by atoms with Gasteiger partial charge in [-0.15, -0.1) is 10.2 Å². The average molecular weight is 492 g/mol. The number of benzene rings is 2. The molecule has 37 heavy (non-hydrogen) atoms. The number of aromatic nitrogens is 4. The fraction of sp³-hybridized carbons (Fsp3) is 0.367. The third-order valence-electron chi connectivity index (χ3n) is 8.09. The van der Waals surface area contributed by atoms with Gasteiger partial charge in [0.15, 0.2) is 5.82 Å². The lowest BCUT2D eigenvalue weighted by molar-refractivity contribution is 0.346. The van der Waals surface area contributed by atoms with Gasteiger partial charge in [0.1, 0.15) is 6.33 Å². The fourth-order valence-electron chi connectivity index (χ4n) is 5.40. The molecule has 0 radical (unpaired) electrons. The van der Waals surface area contributed by atoms with Gasteiger partial charge in [0.25, 0.3) is 0 Å². The topological polar surface area (TPSA) is 74.7 Å². The minimum atomic E-state index is 0.194. The van der Waals surface area contributed by atoms with Crippen LogP contribution >= 0.6 is 0 Å². The largest absolute Gasteiger partial charge is 0.371 e. The molecule has 0 spiro atoms. The van der Waals surface area contributed by atoms with Gasteiger partial charge in [0, 0.05) is 49.2 Å². The highest BCUT2D eigenvalue weighted by molar-refractivity contribution is 5.72. The number of nitrogens with one attached hydrogen (secondary N) is 1. The van der Waals surface area contributed by atoms with E-state index in [0.29, 0.717) is 11.5 Å². The van der Waals surface area contributed by atoms with E-state index >= 15 is 0 Å². The van der Waals surface area contributed by atoms with Gasteiger partial charge in [-0.3, -0.25) is 4.57 Å². The zero-order chi connectivity index (χ0) is 25.6. The van der Waals surface area contributed by atoms with Crippen molar-refractivity contribution in [1.82, 2.24) is 24.6 Å². The Morgan fingerprint density at radius 3 is 2.73 bits per heavy atom. The van der Waals surface area contributed by atoms with Gasteiger partial charge >= 0.3 is 0 Å². The third kappa shape index (κ3) is 4.42. The van der Waals surface area contributed by atoms with Crippen molar-refractivity contribution in [2.75, 3.05) is 24.5 Å². The summed E-state index contributed by atoms with van der Waals surface area (Å²) in [4.78, 5) is 2.53. The van der Waals surface area contributed by atoms with Crippen LogP contribution in [0.5, 0.6) is 0 Å². The monoisotopic (exact) mass is 491 g/mol. The number of fused-ring (bicyclic) bond motifs is 5. The minimum Gasteiger partial charge on any atom is -0.371 e. The Balaban J connectivity index is 1.28. The van der Waals surface area contributed by atoms with Crippen molar-refractivity contribution in [3.63, 3.8) is 0 Å². The van der Waals surface area contributed by atoms with Crippen molar-refractivity contribution in [2.24, 2.45) is 5.92 Å². The van der Waals surface area contributed by atoms with Crippen LogP contribution in [0.1, 0.15) is 44.7 Å². The van der Waals surface area contributed by atoms with Crippen LogP contribution in [-0.4, -0.2) is 44.5 Å². The van der Waals surface area contributed by atoms with Crippen LogP contribution in [0.4, 0.5) is 5.69 Å². The molecule has 0 aliphatic carbocycles. The Morgan fingerprint density at radius 2 is 1.95 bits per heavy atom. The van der Waals surface area contributed by atoms with Gasteiger partial charge in [0.05, 0.1) is 23.0 Å². The summed E-state index contributed by atoms with van der Waals surface area (Å²) < 4.78 is 4.37. The first kappa shape index (κ1) is 23.5. The smallest absolute Gasteiger partial charge is 0.185 e. The van der Waals surface area contributed by atoms with Crippen LogP contribution in [0.15, 0.2) is 61.1 Å². The quantitative estimate of drug-likeness (QED) is 0.352. The molecule has 188 valence electrons. The van der Waals surface area contributed by atoms with Crippen molar-refractivity contribution in [1.29, 1.82) is 5.26 Å². The number of nitrogens with zero attached hydrogens (tertiary/aromatic N) is 6. The average Bonchev–Trinajstić information content (AvgIpc) is 3.66. The number of rotatable bonds is 6. The Bertz CT molecular complexity index is 1470. The number of hydrogen-bond donors (Lipinski definition) is 1. The molecule has 2 aromatic carbocycles. The van der Waals surface area contributed by atoms with E-state index in [4.69, 9.17) is 5.26 Å². The molecule has 2 aliphatic rings. The maximum absolute atomic E-state index is 9.15. The van der Waals surface area contributed by atoms with Gasteiger partial charge in [-0.05, 0) is 80.1 Å². The van der Waals surface area contributed by atoms with Crippen molar-refractivity contribution in [3.8, 4) is 34.4 Å². The SMILES string of the molecule is CCC(C)(C)NC[C@H]1CCN(c2ccc3c(c2)Cn2cc(-c4ccc(C#N)cc4)cc2-c2nncn2-3)C1. The Morgan fingerprint density at radius 1 is 1.11 bits per heavy atom. The summed E-state index contributed by atoms with van der Waals surface area (Å²) in [7, 11) is 0. The minimum absolute atomic E-state index is 0.194. The van der Waals surface area contributed by atoms with E-state index in [2.05, 4.69) is 86.9 Å². The van der Waals surface area contributed by atoms with Crippen molar-refractivity contribution in [2.45, 2.75) is 45.7 Å². The summed E-state index contributed by atoms with van der Waals surface area (Å²) in [6, 6.07) is 18.9. The van der Waals surface area contributed by atoms with Crippen molar-refractivity contribution >= 4 is 5.69 Å². The molecule has 1 fully saturated rings. The van der Waals surface area contributed by atoms with Crippen LogP contribution in [0.2, 0.25) is 0 Å². The highest BCUT2D eigenvalue weighted by atomic mass is 15.3. The summed E-state index contributed by atoms with van der Waals surface area (Å²) in [5.41, 5.74) is 7.77. The predicted molar refractivity (Wildman–Crippen MR) is 147 cm³/mol. The van der Waals surface area contributed by atoms with Gasteiger partial charge in [-0.2, -0.15) is 5.26 Å². The molecule has 1 saturated heterocycles. The van der Waals surface area contributed by atoms with Crippen LogP contribution < -0.4 is 10.2 Å². The lowest BCUT2D eigenvalue weighted by Crippen LogP contribution is -2.41. The molecule has 2 aromatic heterocycles. The van der Waals surface area contributed by atoms with Crippen molar-refractivity contribution < 1.29 is 0 Å². The Kier molecular flexibility index (Phi) is 5.85. The molecule has 0 bridgehead atoms. The van der Waals surface area contributed by atoms with E-state index in [0.717, 1.165) is 60.9 Å². The first-order valence-electron chi connectivity index (χ1n) is 13.2. The molecule has 7 heteroatoms. The number of anilines is 1. The highest BCUT2D eigenvalue weighted by Crippen LogP contribution is 2.35. The lowest BCUT2D eigenvalue weighted by atomic mass is 10.00. The molecule has 1 N–H and O–H groups in total. The second-order valence-corrected chi connectivity index (χ2v) is 11.0. The molecule has 6 rings (SSSR count). The first-order valence-corrected chi connectivity index (χ1v) is 13.2. The second kappa shape index (κ2) is 9.20. The van der Waals surface area contributed by atoms with E-state index in [9.17, 15) is 0 Å². The molecule has 0 amide bonds. The lowest BCUT2D eigenvalue weighted by Gasteiger charge is -2.27. The Labute approximate surface area is 218 Å². The normalized spacial score (nSPS) is 16.6. The maximum Gasteiger partial charge on any atom is 0.185 e. The number of hydrogen-bond acceptors (Lipinski definition) is 5. The molecule has 4 aromatic rings. The highest BCUT2D eigenvalue weighted by Gasteiger charge is 2.27. The van der Waals surface area contributed by atoms with E-state index in [1.54, 1.807) is 0 Å². The zero-order valence-electron chi connectivity index (χ0n) is 21.8. The van der Waals surface area contributed by atoms with Gasteiger partial charge in [-0.1, -0.05) is 19.1 Å². The summed E-state index contributed by atoms with van der Waals surface area (Å²) in [6.07, 6.45) is 6.35. The van der Waals surface area contributed by atoms with Crippen LogP contribution in [-0.2, 0) is 6.54 Å². The molecular weight excluding hydrogens is 458 g/mol. The molecule has 0 saturated carbocycles. The second-order valence-electron chi connectivity index (χ2n) is 11.0. The molecule has 0 unspecified atom stereocenters. The molecule has 1 atom stereocenters. The van der Waals surface area contributed by atoms with Crippen LogP contribution in [0, 0.1) is 17.2 Å². The summed E-state index contributed by atoms with van der Waals surface area (Å²) in [5.74, 6) is 1.51. The van der Waals surface area contributed by atoms with Gasteiger partial charge < -0.3 is 14.8 Å². The van der Waals surface area contributed by atoms with E-state index in [1.807, 2.05) is 30.6 Å². The zero-order valence-corrected chi connectivity index (χ0v) is 21.8. The van der Waals surface area contributed by atoms with E-state index < -0.39 is 0 Å². The molecule has 4 heterocycles. The predicted octanol–water partition coefficient (Wildman–Crippen LogP) is 5.24. The molecule has 7 nitrogen and oxygen atoms in total. The van der Waals surface area contributed by atoms with Crippen molar-refractivity contribution in [3.05, 3.63) is 72.2 Å². The van der Waals surface area contributed by atoms with E-state index in [1.165, 1.54) is 17.7 Å². The van der Waals surface area contributed by atoms with E-state index in [-0.39, 0.29) is 5.54 Å². The first-order chi connectivity index (χ1) is 17.9. The summed E-state index contributed by atoms with van der Waals surface area (Å²) in [5, 5.41) is 21.6. The summed E-state index contributed by atoms with van der Waals surface area (Å²) >= 11 is 0. The molecule has 2 aliphatic heterocycles. The number of nitriles is 1. The summed E-state index contributed by atoms with van der Waals surface area (Å²) in [6.45, 7) is 10.8. The fourth-order valence-corrected chi connectivity index (χ4v) is 5.40. The van der Waals surface area contributed by atoms with Gasteiger partial charge in [0.2, 0.25) is 0 Å². The molecular formula is C30H33N7. The van der Waals surface area contributed by atoms with Crippen LogP contribution in [0.3, 0.4) is 0 Å². The standard InChI is InChI=1S/C30H33N7/c1-4-30(2,3)32-16-22-11-12-35(17-22)26-9-10-27-25(13-26)19-36-18-24(23-7-5-21(15-31)6-8-23)14-28(36)29-34-33-20-37(27)29/h5-10,13-14,18,20,22,32H,4,11-12,16-17,19H2,1-3H3/t22-/m1/s1. The van der Waals surface area contributed by atoms with Crippen LogP contribution in [0.25, 0.3) is 28.3 Å². The maximum atomic E-state index is 9.15. The van der Waals surface area contributed by atoms with Gasteiger partial charge in [-0.25, -0.2) is 0 Å². The third-order valence-corrected chi connectivity index (χ3v) is 8.09. The Hall–Kier alpha value is -3.89.